The van der Waals surface area contributed by atoms with Crippen LogP contribution < -0.4 is 14.4 Å². The molecule has 0 amide bonds. The molecular weight excluding hydrogens is 384 g/mol. The average molecular weight is 422 g/mol. The number of benzene rings is 1. The first-order valence-electron chi connectivity index (χ1n) is 11.5. The fourth-order valence-corrected chi connectivity index (χ4v) is 8.34. The molecule has 1 aromatic rings. The maximum Gasteiger partial charge on any atom is 0.206 e. The van der Waals surface area contributed by atoms with Gasteiger partial charge in [0.2, 0.25) is 4.71 Å². The number of nitrogens with zero attached hydrogens (tertiary/aromatic N) is 1. The van der Waals surface area contributed by atoms with Crippen molar-refractivity contribution in [1.82, 2.24) is 4.48 Å². The van der Waals surface area contributed by atoms with E-state index in [-0.39, 0.29) is 0 Å². The predicted octanol–water partition coefficient (Wildman–Crippen LogP) is 6.83. The van der Waals surface area contributed by atoms with Gasteiger partial charge in [0.1, 0.15) is 5.75 Å². The summed E-state index contributed by atoms with van der Waals surface area (Å²) in [5, 5.41) is 6.39. The molecule has 0 radical (unpaired) electrons. The topological polar surface area (TPSA) is 35.2 Å². The molecule has 3 nitrogen and oxygen atoms in total. The van der Waals surface area contributed by atoms with Gasteiger partial charge in [0.05, 0.1) is 23.6 Å². The molecule has 156 valence electrons. The molecule has 1 heterocycles. The first-order chi connectivity index (χ1) is 13.8. The number of hydrogen-bond acceptors (Lipinski definition) is 4. The monoisotopic (exact) mass is 421 g/mol. The number of rotatable bonds is 7. The van der Waals surface area contributed by atoms with Crippen LogP contribution in [0.4, 0.5) is 5.69 Å². The number of quaternary nitrogens is 1. The Morgan fingerprint density at radius 3 is 2.25 bits per heavy atom. The molecule has 4 rings (SSSR count). The lowest BCUT2D eigenvalue weighted by Gasteiger charge is -2.52. The molecule has 5 heteroatoms. The summed E-state index contributed by atoms with van der Waals surface area (Å²) < 4.78 is 7.68. The smallest absolute Gasteiger partial charge is 0.206 e. The lowest BCUT2D eigenvalue weighted by molar-refractivity contribution is 0.0995. The van der Waals surface area contributed by atoms with Crippen LogP contribution >= 0.6 is 23.7 Å². The van der Waals surface area contributed by atoms with Crippen molar-refractivity contribution in [2.45, 2.75) is 106 Å². The van der Waals surface area contributed by atoms with E-state index in [1.54, 1.807) is 11.9 Å². The molecule has 2 fully saturated rings. The third kappa shape index (κ3) is 3.84. The summed E-state index contributed by atoms with van der Waals surface area (Å²) in [4.78, 5) is 1.45. The molecule has 1 unspecified atom stereocenters. The molecule has 3 aliphatic rings. The van der Waals surface area contributed by atoms with Gasteiger partial charge in [0.15, 0.2) is 5.69 Å². The number of fused-ring (bicyclic) bond motifs is 1. The van der Waals surface area contributed by atoms with Crippen LogP contribution in [0.3, 0.4) is 0 Å². The normalized spacial score (nSPS) is 25.6. The number of unbranched alkanes of at least 4 members (excludes halogenated alkanes) is 1. The Hall–Kier alpha value is -0.360. The van der Waals surface area contributed by atoms with Crippen molar-refractivity contribution in [3.8, 4) is 5.75 Å². The van der Waals surface area contributed by atoms with Crippen LogP contribution in [0.2, 0.25) is 0 Å². The minimum atomic E-state index is 0.395. The van der Waals surface area contributed by atoms with Crippen LogP contribution in [0, 0.1) is 0 Å². The zero-order valence-electron chi connectivity index (χ0n) is 17.4. The molecule has 0 spiro atoms. The Balaban J connectivity index is 1.75. The van der Waals surface area contributed by atoms with Gasteiger partial charge in [-0.2, -0.15) is 0 Å². The van der Waals surface area contributed by atoms with E-state index in [0.29, 0.717) is 4.71 Å². The summed E-state index contributed by atoms with van der Waals surface area (Å²) in [6.07, 6.45) is 16.1. The van der Waals surface area contributed by atoms with Crippen molar-refractivity contribution >= 4 is 29.4 Å². The third-order valence-electron chi connectivity index (χ3n) is 7.17. The molecule has 1 aromatic carbocycles. The quantitative estimate of drug-likeness (QED) is 0.297. The van der Waals surface area contributed by atoms with Crippen molar-refractivity contribution in [1.29, 1.82) is 0 Å². The summed E-state index contributed by atoms with van der Waals surface area (Å²) in [7, 11) is 0. The maximum absolute atomic E-state index is 6.39. The lowest BCUT2D eigenvalue weighted by atomic mass is 9.85. The molecule has 0 aromatic heterocycles. The highest BCUT2D eigenvalue weighted by Gasteiger charge is 2.57. The van der Waals surface area contributed by atoms with Crippen LogP contribution in [-0.2, 0) is 0 Å². The fourth-order valence-electron chi connectivity index (χ4n) is 5.81. The molecule has 0 saturated heterocycles. The largest absolute Gasteiger partial charge is 0.493 e. The van der Waals surface area contributed by atoms with Crippen molar-refractivity contribution < 1.29 is 4.74 Å². The van der Waals surface area contributed by atoms with E-state index in [4.69, 9.17) is 9.88 Å². The van der Waals surface area contributed by atoms with Crippen molar-refractivity contribution in [3.05, 3.63) is 18.2 Å². The van der Waals surface area contributed by atoms with E-state index in [1.807, 2.05) is 11.8 Å². The van der Waals surface area contributed by atoms with E-state index in [0.717, 1.165) is 35.3 Å². The second-order valence-corrected chi connectivity index (χ2v) is 10.9. The fraction of sp³-hybridized carbons (Fsp3) is 0.739. The first-order valence-corrected chi connectivity index (χ1v) is 13.3. The molecule has 2 saturated carbocycles. The molecule has 2 aliphatic carbocycles. The van der Waals surface area contributed by atoms with Crippen LogP contribution in [0.1, 0.15) is 84.0 Å². The van der Waals surface area contributed by atoms with E-state index in [1.165, 1.54) is 81.2 Å². The zero-order valence-corrected chi connectivity index (χ0v) is 19.0. The zero-order chi connectivity index (χ0) is 19.4. The van der Waals surface area contributed by atoms with Crippen molar-refractivity contribution in [2.24, 2.45) is 5.14 Å². The minimum Gasteiger partial charge on any atom is -0.493 e. The van der Waals surface area contributed by atoms with Gasteiger partial charge in [0.25, 0.3) is 0 Å². The molecule has 1 atom stereocenters. The molecule has 0 bridgehead atoms. The van der Waals surface area contributed by atoms with Gasteiger partial charge in [0, 0.05) is 6.07 Å². The predicted molar refractivity (Wildman–Crippen MR) is 124 cm³/mol. The van der Waals surface area contributed by atoms with E-state index >= 15 is 0 Å². The Labute approximate surface area is 179 Å². The van der Waals surface area contributed by atoms with Crippen LogP contribution in [0.25, 0.3) is 0 Å². The highest BCUT2D eigenvalue weighted by molar-refractivity contribution is 8.16. The van der Waals surface area contributed by atoms with Crippen molar-refractivity contribution in [2.75, 3.05) is 6.61 Å². The second kappa shape index (κ2) is 9.63. The minimum absolute atomic E-state index is 0.395. The molecule has 2 N–H and O–H groups in total. The Morgan fingerprint density at radius 1 is 1.04 bits per heavy atom. The maximum atomic E-state index is 6.39. The Morgan fingerprint density at radius 2 is 1.68 bits per heavy atom. The number of ether oxygens (including phenoxy) is 1. The third-order valence-corrected chi connectivity index (χ3v) is 9.52. The summed E-state index contributed by atoms with van der Waals surface area (Å²) >= 11 is 3.63. The highest BCUT2D eigenvalue weighted by atomic mass is 32.2. The highest BCUT2D eigenvalue weighted by Crippen LogP contribution is 2.58. The van der Waals surface area contributed by atoms with Crippen LogP contribution in [-0.4, -0.2) is 23.4 Å². The van der Waals surface area contributed by atoms with Gasteiger partial charge in [-0.1, -0.05) is 26.2 Å². The van der Waals surface area contributed by atoms with Gasteiger partial charge in [-0.15, -0.1) is 0 Å². The van der Waals surface area contributed by atoms with Gasteiger partial charge in [-0.25, -0.2) is 0 Å². The second-order valence-electron chi connectivity index (χ2n) is 8.81. The van der Waals surface area contributed by atoms with Gasteiger partial charge in [-0.3, -0.25) is 9.62 Å². The van der Waals surface area contributed by atoms with E-state index in [9.17, 15) is 0 Å². The van der Waals surface area contributed by atoms with E-state index in [2.05, 4.69) is 25.1 Å². The Kier molecular flexibility index (Phi) is 7.19. The summed E-state index contributed by atoms with van der Waals surface area (Å²) in [6.45, 7) is 3.05. The number of thioether (sulfide) groups is 1. The standard InChI is InChI=1S/C23H37N2OS2/c1-2-3-16-26-20-14-15-22-21(17-20)25(23(27-22)28-24,18-10-6-4-7-11-18)19-12-8-5-9-13-19/h14-15,17-19,23H,2-13,16,24H2,1H3/q+1. The summed E-state index contributed by atoms with van der Waals surface area (Å²) in [5.41, 5.74) is 1.53. The average Bonchev–Trinajstić information content (AvgIpc) is 3.09. The van der Waals surface area contributed by atoms with E-state index < -0.39 is 0 Å². The molecule has 28 heavy (non-hydrogen) atoms. The Bertz CT molecular complexity index is 623. The van der Waals surface area contributed by atoms with Gasteiger partial charge < -0.3 is 4.74 Å². The molecule has 1 aliphatic heterocycles. The number of hydrogen-bond donors (Lipinski definition) is 1. The van der Waals surface area contributed by atoms with Crippen LogP contribution in [0.15, 0.2) is 23.1 Å². The summed E-state index contributed by atoms with van der Waals surface area (Å²) in [5.74, 6) is 1.06. The molecular formula is C23H37N2OS2+. The lowest BCUT2D eigenvalue weighted by Crippen LogP contribution is -2.66. The number of nitrogens with two attached hydrogens (primary N) is 1. The first kappa shape index (κ1) is 20.9. The van der Waals surface area contributed by atoms with Gasteiger partial charge in [-0.05, 0) is 93.6 Å². The summed E-state index contributed by atoms with van der Waals surface area (Å²) in [6, 6.07) is 8.34. The van der Waals surface area contributed by atoms with Crippen molar-refractivity contribution in [3.63, 3.8) is 0 Å². The van der Waals surface area contributed by atoms with Crippen LogP contribution in [0.5, 0.6) is 5.75 Å². The SMILES string of the molecule is CCCCOc1ccc2c(c1)[N+](C1CCCCC1)(C1CCCCC1)C(SN)S2. The van der Waals surface area contributed by atoms with Gasteiger partial charge >= 0.3 is 0 Å².